The maximum atomic E-state index is 11.3. The van der Waals surface area contributed by atoms with Crippen LogP contribution in [-0.4, -0.2) is 271 Å². The molecule has 0 bridgehead atoms. The summed E-state index contributed by atoms with van der Waals surface area (Å²) in [5, 5.41) is 80.2. The Bertz CT molecular complexity index is 1650. The van der Waals surface area contributed by atoms with Crippen LogP contribution >= 0.6 is 0 Å². The van der Waals surface area contributed by atoms with Crippen LogP contribution in [0.3, 0.4) is 0 Å². The monoisotopic (exact) mass is 1170 g/mol. The summed E-state index contributed by atoms with van der Waals surface area (Å²) in [4.78, 5) is 78.3. The Kier molecular flexibility index (Phi) is 45.1. The fourth-order valence-corrected chi connectivity index (χ4v) is 5.39. The lowest BCUT2D eigenvalue weighted by Crippen LogP contribution is -2.44. The van der Waals surface area contributed by atoms with Crippen LogP contribution in [0.2, 0.25) is 0 Å². The van der Waals surface area contributed by atoms with Crippen molar-refractivity contribution in [2.45, 2.75) is 42.7 Å². The molecule has 7 unspecified atom stereocenters. The van der Waals surface area contributed by atoms with Crippen LogP contribution in [0.1, 0.15) is 0 Å². The number of ether oxygens (including phenoxy) is 14. The minimum absolute atomic E-state index is 0.195. The van der Waals surface area contributed by atoms with Crippen LogP contribution in [0.5, 0.6) is 0 Å². The van der Waals surface area contributed by atoms with E-state index in [4.69, 9.17) is 66.3 Å². The van der Waals surface area contributed by atoms with Crippen molar-refractivity contribution in [1.29, 1.82) is 0 Å². The van der Waals surface area contributed by atoms with Crippen molar-refractivity contribution in [2.24, 2.45) is 10.8 Å². The van der Waals surface area contributed by atoms with Gasteiger partial charge in [0.15, 0.2) is 0 Å². The van der Waals surface area contributed by atoms with Crippen molar-refractivity contribution < 1.29 is 141 Å². The van der Waals surface area contributed by atoms with E-state index in [2.05, 4.69) is 46.1 Å². The number of carbonyl (C=O) groups is 7. The first-order chi connectivity index (χ1) is 38.5. The van der Waals surface area contributed by atoms with E-state index >= 15 is 0 Å². The fourth-order valence-electron chi connectivity index (χ4n) is 5.39. The minimum atomic E-state index is -1.23. The number of aliphatic hydroxyl groups excluding tert-OH is 8. The molecule has 0 aromatic heterocycles. The lowest BCUT2D eigenvalue weighted by atomic mass is 9.92. The molecule has 0 aromatic rings. The van der Waals surface area contributed by atoms with Gasteiger partial charge < -0.3 is 107 Å². The van der Waals surface area contributed by atoms with Crippen molar-refractivity contribution in [3.8, 4) is 0 Å². The van der Waals surface area contributed by atoms with Gasteiger partial charge >= 0.3 is 41.8 Å². The Balaban J connectivity index is 0. The summed E-state index contributed by atoms with van der Waals surface area (Å²) in [6.45, 7) is 16.1. The topological polar surface area (TPSA) is 411 Å². The highest BCUT2D eigenvalue weighted by atomic mass is 16.6. The van der Waals surface area contributed by atoms with Gasteiger partial charge in [0.05, 0.1) is 110 Å². The SMILES string of the molecule is C=CC(=O)OCC(O)COCC(CO)(COCC(O)COC(=O)C=C)COCC(O)COC(=O)C=C.C=CC(=O)OCC(O)COCC(COCC(O)COC(=O)C=C)(COCC(O)COC(=O)C=C)COCC(O)COC(=O)C=C. The summed E-state index contributed by atoms with van der Waals surface area (Å²) < 4.78 is 72.2. The second-order valence-electron chi connectivity index (χ2n) is 17.2. The summed E-state index contributed by atoms with van der Waals surface area (Å²) in [6, 6.07) is 0. The van der Waals surface area contributed by atoms with Crippen molar-refractivity contribution in [3.05, 3.63) is 88.6 Å². The predicted octanol–water partition coefficient (Wildman–Crippen LogP) is -3.32. The molecule has 462 valence electrons. The standard InChI is InChI=1S/C29H44O16.C23H36O13/c1-5-25(34)42-13-21(30)9-38-17-29(18-39-10-22(31)14-43-26(35)6-2,19-40-11-23(32)15-44-27(36)7-3)20-41-12-24(33)16-45-28(37)8-4;1-4-20(28)34-10-17(25)7-31-14-23(13-24,15-32-8-18(26)11-35-21(29)5-2)16-33-9-19(27)12-36-22(30)6-3/h5-8,21-24,30-33H,1-4,9-20H2;4-6,17-19,24-27H,1-3,7-16H2. The number of hydrogen-bond donors (Lipinski definition) is 8. The van der Waals surface area contributed by atoms with Gasteiger partial charge in [-0.1, -0.05) is 46.1 Å². The lowest BCUT2D eigenvalue weighted by Gasteiger charge is -2.34. The fraction of sp³-hybridized carbons (Fsp3) is 0.596. The molecule has 0 rings (SSSR count). The second-order valence-corrected chi connectivity index (χ2v) is 17.2. The van der Waals surface area contributed by atoms with Gasteiger partial charge in [-0.3, -0.25) is 0 Å². The highest BCUT2D eigenvalue weighted by Gasteiger charge is 2.35. The zero-order valence-electron chi connectivity index (χ0n) is 45.2. The van der Waals surface area contributed by atoms with E-state index < -0.39 is 102 Å². The molecule has 29 heteroatoms. The summed E-state index contributed by atoms with van der Waals surface area (Å²) in [5.41, 5.74) is -2.43. The number of carbonyl (C=O) groups excluding carboxylic acids is 7. The van der Waals surface area contributed by atoms with Crippen molar-refractivity contribution in [3.63, 3.8) is 0 Å². The predicted molar refractivity (Wildman–Crippen MR) is 278 cm³/mol. The largest absolute Gasteiger partial charge is 0.460 e. The van der Waals surface area contributed by atoms with Crippen LogP contribution in [0.15, 0.2) is 88.6 Å². The van der Waals surface area contributed by atoms with E-state index in [9.17, 15) is 74.4 Å². The summed E-state index contributed by atoms with van der Waals surface area (Å²) in [6.07, 6.45) is -1.83. The Morgan fingerprint density at radius 1 is 0.272 bits per heavy atom. The van der Waals surface area contributed by atoms with Gasteiger partial charge in [0.25, 0.3) is 0 Å². The normalized spacial score (nSPS) is 14.9. The number of rotatable bonds is 50. The van der Waals surface area contributed by atoms with Crippen LogP contribution in [0.25, 0.3) is 0 Å². The van der Waals surface area contributed by atoms with Crippen LogP contribution in [0.4, 0.5) is 0 Å². The van der Waals surface area contributed by atoms with E-state index in [1.165, 1.54) is 0 Å². The van der Waals surface area contributed by atoms with E-state index in [0.29, 0.717) is 0 Å². The third-order valence-electron chi connectivity index (χ3n) is 9.46. The number of hydrogen-bond acceptors (Lipinski definition) is 29. The first-order valence-electron chi connectivity index (χ1n) is 24.5. The number of aliphatic hydroxyl groups is 8. The van der Waals surface area contributed by atoms with Gasteiger partial charge in [0.1, 0.15) is 89.0 Å². The van der Waals surface area contributed by atoms with Crippen LogP contribution in [-0.2, 0) is 99.9 Å². The molecule has 0 aliphatic rings. The highest BCUT2D eigenvalue weighted by Crippen LogP contribution is 2.23. The van der Waals surface area contributed by atoms with Crippen molar-refractivity contribution >= 4 is 41.8 Å². The van der Waals surface area contributed by atoms with Gasteiger partial charge in [-0.2, -0.15) is 0 Å². The Morgan fingerprint density at radius 3 is 0.531 bits per heavy atom. The molecular weight excluding hydrogens is 1090 g/mol. The molecule has 0 saturated carbocycles. The third kappa shape index (κ3) is 42.4. The molecule has 0 fully saturated rings. The quantitative estimate of drug-likeness (QED) is 0.0168. The molecule has 0 amide bonds. The maximum Gasteiger partial charge on any atom is 0.330 e. The first-order valence-corrected chi connectivity index (χ1v) is 24.5. The summed E-state index contributed by atoms with van der Waals surface area (Å²) in [7, 11) is 0. The van der Waals surface area contributed by atoms with Gasteiger partial charge in [0.2, 0.25) is 0 Å². The summed E-state index contributed by atoms with van der Waals surface area (Å²) >= 11 is 0. The second kappa shape index (κ2) is 47.5. The Labute approximate surface area is 469 Å². The minimum Gasteiger partial charge on any atom is -0.460 e. The van der Waals surface area contributed by atoms with Gasteiger partial charge in [-0.15, -0.1) is 0 Å². The molecule has 29 nitrogen and oxygen atoms in total. The highest BCUT2D eigenvalue weighted by molar-refractivity contribution is 5.83. The Hall–Kier alpha value is -6.13. The van der Waals surface area contributed by atoms with E-state index in [1.807, 2.05) is 0 Å². The molecule has 0 spiro atoms. The zero-order valence-corrected chi connectivity index (χ0v) is 45.2. The Morgan fingerprint density at radius 2 is 0.407 bits per heavy atom. The molecule has 0 heterocycles. The van der Waals surface area contributed by atoms with Crippen molar-refractivity contribution in [1.82, 2.24) is 0 Å². The average molecular weight is 1170 g/mol. The molecule has 8 N–H and O–H groups in total. The van der Waals surface area contributed by atoms with Crippen LogP contribution in [0, 0.1) is 10.8 Å². The third-order valence-corrected chi connectivity index (χ3v) is 9.46. The first kappa shape index (κ1) is 76.9. The van der Waals surface area contributed by atoms with Gasteiger partial charge in [-0.05, 0) is 0 Å². The molecule has 0 saturated heterocycles. The summed E-state index contributed by atoms with van der Waals surface area (Å²) in [5.74, 6) is -5.12. The molecule has 0 radical (unpaired) electrons. The number of esters is 7. The van der Waals surface area contributed by atoms with E-state index in [0.717, 1.165) is 42.5 Å². The lowest BCUT2D eigenvalue weighted by molar-refractivity contribution is -0.152. The smallest absolute Gasteiger partial charge is 0.330 e. The van der Waals surface area contributed by atoms with Gasteiger partial charge in [-0.25, -0.2) is 33.6 Å². The van der Waals surface area contributed by atoms with Crippen molar-refractivity contribution in [2.75, 3.05) is 145 Å². The molecule has 0 aromatic carbocycles. The van der Waals surface area contributed by atoms with E-state index in [-0.39, 0.29) is 139 Å². The van der Waals surface area contributed by atoms with Gasteiger partial charge in [0, 0.05) is 42.5 Å². The van der Waals surface area contributed by atoms with E-state index in [1.54, 1.807) is 0 Å². The molecule has 81 heavy (non-hydrogen) atoms. The van der Waals surface area contributed by atoms with Crippen LogP contribution < -0.4 is 0 Å². The zero-order chi connectivity index (χ0) is 61.5. The molecule has 7 atom stereocenters. The average Bonchev–Trinajstić information content (AvgIpc) is 3.46. The molecule has 0 aliphatic carbocycles. The molecular formula is C52H80O29. The molecule has 0 aliphatic heterocycles. The maximum absolute atomic E-state index is 11.3.